The highest BCUT2D eigenvalue weighted by molar-refractivity contribution is 9.10. The van der Waals surface area contributed by atoms with Gasteiger partial charge < -0.3 is 9.64 Å². The fraction of sp³-hybridized carbons (Fsp3) is 0.429. The number of halogens is 1. The van der Waals surface area contributed by atoms with Gasteiger partial charge in [-0.3, -0.25) is 10.1 Å². The predicted molar refractivity (Wildman–Crippen MR) is 76.5 cm³/mol. The Morgan fingerprint density at radius 2 is 2.15 bits per heavy atom. The monoisotopic (exact) mass is 338 g/mol. The summed E-state index contributed by atoms with van der Waals surface area (Å²) in [7, 11) is 0. The molecule has 3 amide bonds. The largest absolute Gasteiger partial charge is 0.493 e. The Balaban J connectivity index is 1.96. The summed E-state index contributed by atoms with van der Waals surface area (Å²) in [6.07, 6.45) is 0.871. The van der Waals surface area contributed by atoms with Crippen molar-refractivity contribution < 1.29 is 14.3 Å². The van der Waals surface area contributed by atoms with E-state index in [4.69, 9.17) is 4.74 Å². The highest BCUT2D eigenvalue weighted by Gasteiger charge is 2.45. The molecule has 5 nitrogen and oxygen atoms in total. The first-order chi connectivity index (χ1) is 9.39. The molecule has 20 heavy (non-hydrogen) atoms. The number of ether oxygens (including phenoxy) is 1. The molecule has 2 heterocycles. The van der Waals surface area contributed by atoms with Crippen molar-refractivity contribution in [1.29, 1.82) is 0 Å². The highest BCUT2D eigenvalue weighted by Crippen LogP contribution is 2.35. The van der Waals surface area contributed by atoms with Crippen LogP contribution >= 0.6 is 15.9 Å². The third kappa shape index (κ3) is 1.98. The number of urea groups is 1. The third-order valence-corrected chi connectivity index (χ3v) is 4.31. The van der Waals surface area contributed by atoms with Crippen molar-refractivity contribution in [3.05, 3.63) is 27.7 Å². The van der Waals surface area contributed by atoms with Crippen molar-refractivity contribution in [2.75, 3.05) is 6.61 Å². The van der Waals surface area contributed by atoms with Crippen LogP contribution in [0.15, 0.2) is 16.6 Å². The van der Waals surface area contributed by atoms with E-state index in [2.05, 4.69) is 21.2 Å². The molecule has 3 rings (SSSR count). The molecule has 0 aromatic heterocycles. The van der Waals surface area contributed by atoms with Crippen molar-refractivity contribution in [2.24, 2.45) is 0 Å². The lowest BCUT2D eigenvalue weighted by atomic mass is 10.0. The number of rotatable bonds is 2. The van der Waals surface area contributed by atoms with Crippen LogP contribution < -0.4 is 10.1 Å². The summed E-state index contributed by atoms with van der Waals surface area (Å²) in [5, 5.41) is 2.36. The lowest BCUT2D eigenvalue weighted by molar-refractivity contribution is -0.125. The number of amides is 3. The lowest BCUT2D eigenvalue weighted by Gasteiger charge is -2.28. The first kappa shape index (κ1) is 13.4. The zero-order valence-electron chi connectivity index (χ0n) is 11.3. The van der Waals surface area contributed by atoms with Crippen LogP contribution in [0, 0.1) is 0 Å². The molecule has 1 aromatic carbocycles. The number of nitrogens with one attached hydrogen (secondary N) is 1. The molecule has 0 aliphatic carbocycles. The molecule has 1 fully saturated rings. The van der Waals surface area contributed by atoms with Crippen LogP contribution in [0.3, 0.4) is 0 Å². The summed E-state index contributed by atoms with van der Waals surface area (Å²) in [6, 6.07) is 3.62. The quantitative estimate of drug-likeness (QED) is 0.841. The summed E-state index contributed by atoms with van der Waals surface area (Å²) in [4.78, 5) is 25.3. The maximum Gasteiger partial charge on any atom is 0.325 e. The average molecular weight is 339 g/mol. The smallest absolute Gasteiger partial charge is 0.325 e. The van der Waals surface area contributed by atoms with E-state index in [0.29, 0.717) is 13.2 Å². The van der Waals surface area contributed by atoms with Gasteiger partial charge in [0.25, 0.3) is 5.91 Å². The van der Waals surface area contributed by atoms with Crippen molar-refractivity contribution >= 4 is 27.9 Å². The van der Waals surface area contributed by atoms with Crippen LogP contribution in [0.25, 0.3) is 0 Å². The van der Waals surface area contributed by atoms with Gasteiger partial charge in [-0.1, -0.05) is 15.9 Å². The van der Waals surface area contributed by atoms with Crippen LogP contribution in [0.5, 0.6) is 5.75 Å². The number of nitrogens with zero attached hydrogens (tertiary/aromatic N) is 1. The Morgan fingerprint density at radius 3 is 2.80 bits per heavy atom. The van der Waals surface area contributed by atoms with Gasteiger partial charge in [-0.05, 0) is 31.5 Å². The van der Waals surface area contributed by atoms with E-state index in [-0.39, 0.29) is 11.9 Å². The fourth-order valence-electron chi connectivity index (χ4n) is 2.60. The Labute approximate surface area is 125 Å². The second-order valence-corrected chi connectivity index (χ2v) is 6.47. The first-order valence-corrected chi connectivity index (χ1v) is 7.26. The van der Waals surface area contributed by atoms with Crippen LogP contribution in [0.1, 0.15) is 25.0 Å². The minimum Gasteiger partial charge on any atom is -0.493 e. The standard InChI is InChI=1S/C14H15BrN2O3/c1-14(2)12(18)16-13(19)17(14)7-9-6-10(15)5-8-3-4-20-11(8)9/h5-6H,3-4,7H2,1-2H3,(H,16,18,19). The Kier molecular flexibility index (Phi) is 3.01. The van der Waals surface area contributed by atoms with E-state index in [1.165, 1.54) is 0 Å². The summed E-state index contributed by atoms with van der Waals surface area (Å²) < 4.78 is 6.62. The molecule has 106 valence electrons. The van der Waals surface area contributed by atoms with Gasteiger partial charge in [-0.25, -0.2) is 4.79 Å². The summed E-state index contributed by atoms with van der Waals surface area (Å²) in [5.74, 6) is 0.575. The first-order valence-electron chi connectivity index (χ1n) is 6.47. The summed E-state index contributed by atoms with van der Waals surface area (Å²) in [5.41, 5.74) is 1.22. The molecule has 0 saturated carbocycles. The van der Waals surface area contributed by atoms with Gasteiger partial charge in [0.15, 0.2) is 0 Å². The maximum absolute atomic E-state index is 11.9. The molecule has 1 aromatic rings. The topological polar surface area (TPSA) is 58.6 Å². The molecule has 0 radical (unpaired) electrons. The molecule has 1 N–H and O–H groups in total. The van der Waals surface area contributed by atoms with E-state index in [0.717, 1.165) is 27.8 Å². The van der Waals surface area contributed by atoms with Crippen LogP contribution in [-0.4, -0.2) is 29.0 Å². The van der Waals surface area contributed by atoms with E-state index in [1.54, 1.807) is 18.7 Å². The van der Waals surface area contributed by atoms with Crippen molar-refractivity contribution in [1.82, 2.24) is 10.2 Å². The number of hydrogen-bond donors (Lipinski definition) is 1. The molecule has 0 atom stereocenters. The minimum atomic E-state index is -0.842. The highest BCUT2D eigenvalue weighted by atomic mass is 79.9. The van der Waals surface area contributed by atoms with E-state index >= 15 is 0 Å². The number of imide groups is 1. The molecule has 6 heteroatoms. The summed E-state index contributed by atoms with van der Waals surface area (Å²) in [6.45, 7) is 4.50. The molecular formula is C14H15BrN2O3. The average Bonchev–Trinajstić information content (AvgIpc) is 2.88. The van der Waals surface area contributed by atoms with Gasteiger partial charge in [0.1, 0.15) is 11.3 Å². The van der Waals surface area contributed by atoms with Gasteiger partial charge in [0.2, 0.25) is 0 Å². The van der Waals surface area contributed by atoms with E-state index < -0.39 is 5.54 Å². The molecule has 2 aliphatic rings. The second kappa shape index (κ2) is 4.48. The Hall–Kier alpha value is -1.56. The number of carbonyl (C=O) groups excluding carboxylic acids is 2. The zero-order valence-corrected chi connectivity index (χ0v) is 12.9. The SMILES string of the molecule is CC1(C)C(=O)NC(=O)N1Cc1cc(Br)cc2c1OCC2. The van der Waals surface area contributed by atoms with E-state index in [9.17, 15) is 9.59 Å². The third-order valence-electron chi connectivity index (χ3n) is 3.85. The van der Waals surface area contributed by atoms with Gasteiger partial charge in [-0.2, -0.15) is 0 Å². The minimum absolute atomic E-state index is 0.268. The summed E-state index contributed by atoms with van der Waals surface area (Å²) >= 11 is 3.48. The molecule has 2 aliphatic heterocycles. The van der Waals surface area contributed by atoms with Crippen LogP contribution in [-0.2, 0) is 17.8 Å². The van der Waals surface area contributed by atoms with Crippen LogP contribution in [0.2, 0.25) is 0 Å². The number of hydrogen-bond acceptors (Lipinski definition) is 3. The Bertz CT molecular complexity index is 613. The number of fused-ring (bicyclic) bond motifs is 1. The van der Waals surface area contributed by atoms with Crippen molar-refractivity contribution in [3.8, 4) is 5.75 Å². The fourth-order valence-corrected chi connectivity index (χ4v) is 3.15. The second-order valence-electron chi connectivity index (χ2n) is 5.56. The van der Waals surface area contributed by atoms with Crippen molar-refractivity contribution in [2.45, 2.75) is 32.4 Å². The van der Waals surface area contributed by atoms with Gasteiger partial charge >= 0.3 is 6.03 Å². The van der Waals surface area contributed by atoms with Gasteiger partial charge in [0, 0.05) is 16.5 Å². The molecule has 0 unspecified atom stereocenters. The predicted octanol–water partition coefficient (Wildman–Crippen LogP) is 2.21. The number of carbonyl (C=O) groups is 2. The van der Waals surface area contributed by atoms with Gasteiger partial charge in [-0.15, -0.1) is 0 Å². The van der Waals surface area contributed by atoms with Crippen LogP contribution in [0.4, 0.5) is 4.79 Å². The normalized spacial score (nSPS) is 19.9. The van der Waals surface area contributed by atoms with Crippen molar-refractivity contribution in [3.63, 3.8) is 0 Å². The van der Waals surface area contributed by atoms with Gasteiger partial charge in [0.05, 0.1) is 13.2 Å². The molecule has 0 bridgehead atoms. The zero-order chi connectivity index (χ0) is 14.5. The molecule has 0 spiro atoms. The van der Waals surface area contributed by atoms with E-state index in [1.807, 2.05) is 12.1 Å². The lowest BCUT2D eigenvalue weighted by Crippen LogP contribution is -2.43. The molecular weight excluding hydrogens is 324 g/mol. The molecule has 1 saturated heterocycles. The Morgan fingerprint density at radius 1 is 1.40 bits per heavy atom. The maximum atomic E-state index is 11.9. The number of benzene rings is 1.